The van der Waals surface area contributed by atoms with Crippen molar-refractivity contribution in [1.82, 2.24) is 4.31 Å². The maximum absolute atomic E-state index is 13.3. The molecule has 0 saturated carbocycles. The third kappa shape index (κ3) is 3.99. The van der Waals surface area contributed by atoms with Crippen molar-refractivity contribution < 1.29 is 17.9 Å². The van der Waals surface area contributed by atoms with E-state index >= 15 is 0 Å². The monoisotopic (exact) mass is 289 g/mol. The number of rotatable bonds is 4. The minimum absolute atomic E-state index is 0.179. The summed E-state index contributed by atoms with van der Waals surface area (Å²) >= 11 is 0. The number of nitrogens with zero attached hydrogens (tertiary/aromatic N) is 1. The lowest BCUT2D eigenvalue weighted by Crippen LogP contribution is -2.35. The lowest BCUT2D eigenvalue weighted by molar-refractivity contribution is 0.277. The van der Waals surface area contributed by atoms with E-state index in [2.05, 4.69) is 0 Å². The van der Waals surface area contributed by atoms with Crippen LogP contribution in [0, 0.1) is 11.2 Å². The molecule has 0 bridgehead atoms. The van der Waals surface area contributed by atoms with E-state index in [9.17, 15) is 17.9 Å². The van der Waals surface area contributed by atoms with Crippen LogP contribution in [0.3, 0.4) is 0 Å². The van der Waals surface area contributed by atoms with Crippen LogP contribution >= 0.6 is 0 Å². The van der Waals surface area contributed by atoms with Crippen LogP contribution in [0.25, 0.3) is 0 Å². The Hall–Kier alpha value is -0.980. The van der Waals surface area contributed by atoms with Gasteiger partial charge in [0.05, 0.1) is 11.5 Å². The average Bonchev–Trinajstić information content (AvgIpc) is 2.26. The molecule has 6 heteroatoms. The second-order valence-electron chi connectivity index (χ2n) is 5.73. The molecule has 0 aliphatic carbocycles. The highest BCUT2D eigenvalue weighted by Gasteiger charge is 2.27. The van der Waals surface area contributed by atoms with Gasteiger partial charge in [-0.05, 0) is 23.1 Å². The van der Waals surface area contributed by atoms with Crippen LogP contribution in [0.5, 0.6) is 0 Å². The fraction of sp³-hybridized carbons (Fsp3) is 0.538. The van der Waals surface area contributed by atoms with Crippen LogP contribution < -0.4 is 0 Å². The molecule has 19 heavy (non-hydrogen) atoms. The molecule has 1 aromatic carbocycles. The van der Waals surface area contributed by atoms with Gasteiger partial charge in [0.2, 0.25) is 10.0 Å². The lowest BCUT2D eigenvalue weighted by Gasteiger charge is -2.26. The molecular formula is C13H20FNO3S. The third-order valence-corrected chi connectivity index (χ3v) is 4.47. The molecular weight excluding hydrogens is 269 g/mol. The molecule has 0 unspecified atom stereocenters. The molecule has 0 aliphatic heterocycles. The average molecular weight is 289 g/mol. The highest BCUT2D eigenvalue weighted by Crippen LogP contribution is 2.24. The zero-order valence-electron chi connectivity index (χ0n) is 11.6. The van der Waals surface area contributed by atoms with Crippen molar-refractivity contribution in [3.05, 3.63) is 29.6 Å². The standard InChI is InChI=1S/C13H20FNO3S/c1-13(2,3)9-15(4)19(17,18)12-7-11(14)6-5-10(12)8-16/h5-7,16H,8-9H2,1-4H3. The van der Waals surface area contributed by atoms with Gasteiger partial charge in [0.1, 0.15) is 5.82 Å². The van der Waals surface area contributed by atoms with Gasteiger partial charge in [-0.2, -0.15) is 0 Å². The minimum atomic E-state index is -3.80. The topological polar surface area (TPSA) is 57.6 Å². The maximum Gasteiger partial charge on any atom is 0.243 e. The highest BCUT2D eigenvalue weighted by atomic mass is 32.2. The maximum atomic E-state index is 13.3. The van der Waals surface area contributed by atoms with Gasteiger partial charge < -0.3 is 5.11 Å². The summed E-state index contributed by atoms with van der Waals surface area (Å²) in [4.78, 5) is -0.179. The van der Waals surface area contributed by atoms with Crippen LogP contribution in [-0.2, 0) is 16.6 Å². The Morgan fingerprint density at radius 3 is 2.37 bits per heavy atom. The normalized spacial score (nSPS) is 13.0. The van der Waals surface area contributed by atoms with Crippen molar-refractivity contribution in [2.45, 2.75) is 32.3 Å². The van der Waals surface area contributed by atoms with Crippen molar-refractivity contribution in [3.63, 3.8) is 0 Å². The Balaban J connectivity index is 3.23. The zero-order chi connectivity index (χ0) is 14.8. The number of hydrogen-bond acceptors (Lipinski definition) is 3. The SMILES string of the molecule is CN(CC(C)(C)C)S(=O)(=O)c1cc(F)ccc1CO. The first kappa shape index (κ1) is 16.1. The van der Waals surface area contributed by atoms with Crippen LogP contribution in [-0.4, -0.2) is 31.4 Å². The van der Waals surface area contributed by atoms with Crippen molar-refractivity contribution in [3.8, 4) is 0 Å². The number of hydrogen-bond donors (Lipinski definition) is 1. The fourth-order valence-electron chi connectivity index (χ4n) is 1.82. The van der Waals surface area contributed by atoms with E-state index in [1.807, 2.05) is 20.8 Å². The Labute approximate surface area is 113 Å². The summed E-state index contributed by atoms with van der Waals surface area (Å²) < 4.78 is 39.2. The van der Waals surface area contributed by atoms with Crippen molar-refractivity contribution in [2.24, 2.45) is 5.41 Å². The summed E-state index contributed by atoms with van der Waals surface area (Å²) in [6.07, 6.45) is 0. The molecule has 0 atom stereocenters. The molecule has 0 fully saturated rings. The van der Waals surface area contributed by atoms with Gasteiger partial charge >= 0.3 is 0 Å². The summed E-state index contributed by atoms with van der Waals surface area (Å²) in [6, 6.07) is 3.36. The predicted octanol–water partition coefficient (Wildman–Crippen LogP) is 1.98. The Morgan fingerprint density at radius 1 is 1.32 bits per heavy atom. The number of sulfonamides is 1. The van der Waals surface area contributed by atoms with Crippen LogP contribution in [0.2, 0.25) is 0 Å². The molecule has 0 aliphatic rings. The number of aliphatic hydroxyl groups excluding tert-OH is 1. The Kier molecular flexibility index (Phi) is 4.71. The van der Waals surface area contributed by atoms with Crippen molar-refractivity contribution >= 4 is 10.0 Å². The van der Waals surface area contributed by atoms with Gasteiger partial charge in [-0.15, -0.1) is 0 Å². The summed E-state index contributed by atoms with van der Waals surface area (Å²) in [5.41, 5.74) is -0.0173. The van der Waals surface area contributed by atoms with Crippen LogP contribution in [0.4, 0.5) is 4.39 Å². The molecule has 1 N–H and O–H groups in total. The molecule has 0 spiro atoms. The van der Waals surface area contributed by atoms with E-state index in [-0.39, 0.29) is 15.9 Å². The van der Waals surface area contributed by atoms with E-state index in [4.69, 9.17) is 0 Å². The molecule has 0 amide bonds. The molecule has 108 valence electrons. The molecule has 0 heterocycles. The fourth-order valence-corrected chi connectivity index (χ4v) is 3.44. The number of halogens is 1. The second kappa shape index (κ2) is 5.56. The van der Waals surface area contributed by atoms with E-state index < -0.39 is 22.4 Å². The van der Waals surface area contributed by atoms with Gasteiger partial charge in [-0.3, -0.25) is 0 Å². The van der Waals surface area contributed by atoms with E-state index in [0.29, 0.717) is 6.54 Å². The first-order valence-corrected chi connectivity index (χ1v) is 7.37. The van der Waals surface area contributed by atoms with Gasteiger partial charge in [-0.25, -0.2) is 17.1 Å². The summed E-state index contributed by atoms with van der Waals surface area (Å²) in [7, 11) is -2.35. The molecule has 0 radical (unpaired) electrons. The first-order valence-electron chi connectivity index (χ1n) is 5.93. The van der Waals surface area contributed by atoms with Crippen molar-refractivity contribution in [1.29, 1.82) is 0 Å². The molecule has 0 aromatic heterocycles. The number of benzene rings is 1. The molecule has 1 rings (SSSR count). The Bertz CT molecular complexity index is 549. The van der Waals surface area contributed by atoms with E-state index in [0.717, 1.165) is 12.1 Å². The highest BCUT2D eigenvalue weighted by molar-refractivity contribution is 7.89. The van der Waals surface area contributed by atoms with Gasteiger partial charge in [0.25, 0.3) is 0 Å². The summed E-state index contributed by atoms with van der Waals surface area (Å²) in [5, 5.41) is 9.18. The van der Waals surface area contributed by atoms with Crippen LogP contribution in [0.15, 0.2) is 23.1 Å². The van der Waals surface area contributed by atoms with E-state index in [1.165, 1.54) is 17.4 Å². The second-order valence-corrected chi connectivity index (χ2v) is 7.75. The molecule has 4 nitrogen and oxygen atoms in total. The number of aliphatic hydroxyl groups is 1. The van der Waals surface area contributed by atoms with E-state index in [1.54, 1.807) is 0 Å². The third-order valence-electron chi connectivity index (χ3n) is 2.58. The first-order chi connectivity index (χ1) is 8.58. The zero-order valence-corrected chi connectivity index (χ0v) is 12.5. The minimum Gasteiger partial charge on any atom is -0.392 e. The quantitative estimate of drug-likeness (QED) is 0.922. The van der Waals surface area contributed by atoms with Crippen LogP contribution in [0.1, 0.15) is 26.3 Å². The summed E-state index contributed by atoms with van der Waals surface area (Å²) in [6.45, 7) is 5.60. The van der Waals surface area contributed by atoms with Gasteiger partial charge in [0.15, 0.2) is 0 Å². The molecule has 0 saturated heterocycles. The van der Waals surface area contributed by atoms with Gasteiger partial charge in [-0.1, -0.05) is 26.8 Å². The lowest BCUT2D eigenvalue weighted by atomic mass is 9.97. The summed E-state index contributed by atoms with van der Waals surface area (Å²) in [5.74, 6) is -0.639. The smallest absolute Gasteiger partial charge is 0.243 e. The Morgan fingerprint density at radius 2 is 1.89 bits per heavy atom. The molecule has 1 aromatic rings. The van der Waals surface area contributed by atoms with Crippen molar-refractivity contribution in [2.75, 3.05) is 13.6 Å². The van der Waals surface area contributed by atoms with Gasteiger partial charge in [0, 0.05) is 13.6 Å². The predicted molar refractivity (Wildman–Crippen MR) is 71.6 cm³/mol. The largest absolute Gasteiger partial charge is 0.392 e.